The molecule has 0 saturated carbocycles. The van der Waals surface area contributed by atoms with Crippen molar-refractivity contribution in [2.75, 3.05) is 26.7 Å². The third-order valence-electron chi connectivity index (χ3n) is 3.60. The Labute approximate surface area is 108 Å². The molecule has 2 aliphatic rings. The monoisotopic (exact) mass is 254 g/mol. The highest BCUT2D eigenvalue weighted by molar-refractivity contribution is 5.77. The van der Waals surface area contributed by atoms with E-state index >= 15 is 0 Å². The third-order valence-corrected chi connectivity index (χ3v) is 3.60. The molecule has 0 radical (unpaired) electrons. The summed E-state index contributed by atoms with van der Waals surface area (Å²) in [6.07, 6.45) is 0.299. The summed E-state index contributed by atoms with van der Waals surface area (Å²) in [5, 5.41) is 0. The minimum absolute atomic E-state index is 0.183. The first-order valence-corrected chi connectivity index (χ1v) is 6.48. The van der Waals surface area contributed by atoms with Crippen molar-refractivity contribution < 1.29 is 14.3 Å². The van der Waals surface area contributed by atoms with E-state index in [9.17, 15) is 9.59 Å². The number of likely N-dealkylation sites (tertiary alicyclic amines) is 2. The van der Waals surface area contributed by atoms with E-state index in [1.165, 1.54) is 0 Å². The normalized spacial score (nSPS) is 28.3. The predicted molar refractivity (Wildman–Crippen MR) is 67.0 cm³/mol. The largest absolute Gasteiger partial charge is 0.444 e. The van der Waals surface area contributed by atoms with Gasteiger partial charge in [-0.2, -0.15) is 0 Å². The van der Waals surface area contributed by atoms with Crippen molar-refractivity contribution in [3.05, 3.63) is 0 Å². The second-order valence-electron chi connectivity index (χ2n) is 6.38. The highest BCUT2D eigenvalue weighted by Gasteiger charge is 2.41. The average Bonchev–Trinajstić information content (AvgIpc) is 2.59. The fourth-order valence-corrected chi connectivity index (χ4v) is 2.69. The SMILES string of the molecule is CN1C[C@@H]2CN(C(=O)OC(C)(C)C)C[C@H]2CC1=O. The topological polar surface area (TPSA) is 49.9 Å². The van der Waals surface area contributed by atoms with E-state index in [1.807, 2.05) is 27.8 Å². The van der Waals surface area contributed by atoms with Crippen molar-refractivity contribution in [1.82, 2.24) is 9.80 Å². The Morgan fingerprint density at radius 3 is 2.44 bits per heavy atom. The summed E-state index contributed by atoms with van der Waals surface area (Å²) >= 11 is 0. The summed E-state index contributed by atoms with van der Waals surface area (Å²) in [6, 6.07) is 0. The molecule has 0 aliphatic carbocycles. The maximum atomic E-state index is 12.0. The van der Waals surface area contributed by atoms with Crippen LogP contribution in [-0.4, -0.2) is 54.1 Å². The van der Waals surface area contributed by atoms with Gasteiger partial charge in [0.2, 0.25) is 5.91 Å². The van der Waals surface area contributed by atoms with Crippen LogP contribution in [0.1, 0.15) is 27.2 Å². The van der Waals surface area contributed by atoms with Gasteiger partial charge in [0.15, 0.2) is 0 Å². The summed E-state index contributed by atoms with van der Waals surface area (Å²) in [4.78, 5) is 27.1. The highest BCUT2D eigenvalue weighted by Crippen LogP contribution is 2.31. The molecular weight excluding hydrogens is 232 g/mol. The first-order chi connectivity index (χ1) is 8.26. The van der Waals surface area contributed by atoms with Crippen molar-refractivity contribution in [2.45, 2.75) is 32.8 Å². The maximum absolute atomic E-state index is 12.0. The Bertz CT molecular complexity index is 362. The van der Waals surface area contributed by atoms with Gasteiger partial charge in [0.25, 0.3) is 0 Å². The first-order valence-electron chi connectivity index (χ1n) is 6.48. The van der Waals surface area contributed by atoms with Crippen LogP contribution >= 0.6 is 0 Å². The van der Waals surface area contributed by atoms with E-state index in [4.69, 9.17) is 4.74 Å². The van der Waals surface area contributed by atoms with Crippen molar-refractivity contribution in [1.29, 1.82) is 0 Å². The van der Waals surface area contributed by atoms with Crippen molar-refractivity contribution >= 4 is 12.0 Å². The number of nitrogens with zero attached hydrogens (tertiary/aromatic N) is 2. The molecule has 102 valence electrons. The first kappa shape index (κ1) is 13.2. The second-order valence-corrected chi connectivity index (χ2v) is 6.38. The smallest absolute Gasteiger partial charge is 0.410 e. The molecule has 2 amide bonds. The van der Waals surface area contributed by atoms with Crippen LogP contribution in [0.4, 0.5) is 4.79 Å². The van der Waals surface area contributed by atoms with Gasteiger partial charge in [-0.3, -0.25) is 4.79 Å². The van der Waals surface area contributed by atoms with Crippen molar-refractivity contribution in [3.8, 4) is 0 Å². The molecule has 2 atom stereocenters. The van der Waals surface area contributed by atoms with Gasteiger partial charge in [0.1, 0.15) is 5.60 Å². The van der Waals surface area contributed by atoms with Crippen molar-refractivity contribution in [2.24, 2.45) is 11.8 Å². The van der Waals surface area contributed by atoms with E-state index in [0.29, 0.717) is 31.3 Å². The van der Waals surface area contributed by atoms with Gasteiger partial charge in [-0.05, 0) is 32.6 Å². The minimum Gasteiger partial charge on any atom is -0.444 e. The number of piperidine rings is 1. The summed E-state index contributed by atoms with van der Waals surface area (Å²) in [6.45, 7) is 7.71. The standard InChI is InChI=1S/C13H22N2O3/c1-13(2,3)18-12(17)15-7-9-5-11(16)14(4)6-10(9)8-15/h9-10H,5-8H2,1-4H3/t9-,10-/m1/s1. The Morgan fingerprint density at radius 2 is 1.83 bits per heavy atom. The lowest BCUT2D eigenvalue weighted by Gasteiger charge is -2.30. The van der Waals surface area contributed by atoms with Crippen LogP contribution in [0.5, 0.6) is 0 Å². The van der Waals surface area contributed by atoms with Crippen LogP contribution in [0, 0.1) is 11.8 Å². The highest BCUT2D eigenvalue weighted by atomic mass is 16.6. The molecule has 5 heteroatoms. The summed E-state index contributed by atoms with van der Waals surface area (Å²) < 4.78 is 5.37. The summed E-state index contributed by atoms with van der Waals surface area (Å²) in [5.41, 5.74) is -0.461. The molecule has 5 nitrogen and oxygen atoms in total. The molecule has 0 aromatic rings. The molecule has 2 fully saturated rings. The van der Waals surface area contributed by atoms with Gasteiger partial charge in [0, 0.05) is 33.1 Å². The number of hydrogen-bond donors (Lipinski definition) is 0. The molecule has 0 spiro atoms. The molecule has 0 bridgehead atoms. The van der Waals surface area contributed by atoms with E-state index in [-0.39, 0.29) is 12.0 Å². The quantitative estimate of drug-likeness (QED) is 0.655. The molecule has 18 heavy (non-hydrogen) atoms. The van der Waals surface area contributed by atoms with Crippen LogP contribution in [-0.2, 0) is 9.53 Å². The van der Waals surface area contributed by atoms with E-state index < -0.39 is 5.60 Å². The van der Waals surface area contributed by atoms with Gasteiger partial charge < -0.3 is 14.5 Å². The molecular formula is C13H22N2O3. The van der Waals surface area contributed by atoms with Crippen LogP contribution < -0.4 is 0 Å². The number of carbonyl (C=O) groups is 2. The molecule has 2 heterocycles. The van der Waals surface area contributed by atoms with Crippen molar-refractivity contribution in [3.63, 3.8) is 0 Å². The molecule has 0 unspecified atom stereocenters. The average molecular weight is 254 g/mol. The zero-order chi connectivity index (χ0) is 13.5. The summed E-state index contributed by atoms with van der Waals surface area (Å²) in [7, 11) is 1.83. The lowest BCUT2D eigenvalue weighted by Crippen LogP contribution is -2.41. The van der Waals surface area contributed by atoms with Crippen LogP contribution in [0.3, 0.4) is 0 Å². The molecule has 0 aromatic heterocycles. The van der Waals surface area contributed by atoms with Crippen LogP contribution in [0.2, 0.25) is 0 Å². The molecule has 2 saturated heterocycles. The predicted octanol–water partition coefficient (Wildman–Crippen LogP) is 1.33. The van der Waals surface area contributed by atoms with E-state index in [0.717, 1.165) is 6.54 Å². The van der Waals surface area contributed by atoms with Crippen LogP contribution in [0.25, 0.3) is 0 Å². The zero-order valence-electron chi connectivity index (χ0n) is 11.6. The van der Waals surface area contributed by atoms with Gasteiger partial charge in [-0.15, -0.1) is 0 Å². The Kier molecular flexibility index (Phi) is 3.25. The summed E-state index contributed by atoms with van der Waals surface area (Å²) in [5.74, 6) is 0.892. The number of rotatable bonds is 0. The van der Waals surface area contributed by atoms with Gasteiger partial charge in [-0.1, -0.05) is 0 Å². The fourth-order valence-electron chi connectivity index (χ4n) is 2.69. The third kappa shape index (κ3) is 2.76. The van der Waals surface area contributed by atoms with Gasteiger partial charge in [-0.25, -0.2) is 4.79 Å². The lowest BCUT2D eigenvalue weighted by molar-refractivity contribution is -0.134. The van der Waals surface area contributed by atoms with Gasteiger partial charge >= 0.3 is 6.09 Å². The Morgan fingerprint density at radius 1 is 1.22 bits per heavy atom. The minimum atomic E-state index is -0.461. The maximum Gasteiger partial charge on any atom is 0.410 e. The second kappa shape index (κ2) is 4.44. The molecule has 0 aromatic carbocycles. The van der Waals surface area contributed by atoms with E-state index in [2.05, 4.69) is 0 Å². The molecule has 2 aliphatic heterocycles. The number of amides is 2. The van der Waals surface area contributed by atoms with E-state index in [1.54, 1.807) is 9.80 Å². The fraction of sp³-hybridized carbons (Fsp3) is 0.846. The molecule has 2 rings (SSSR count). The van der Waals surface area contributed by atoms with Crippen LogP contribution in [0.15, 0.2) is 0 Å². The van der Waals surface area contributed by atoms with Gasteiger partial charge in [0.05, 0.1) is 0 Å². The number of fused-ring (bicyclic) bond motifs is 1. The lowest BCUT2D eigenvalue weighted by atomic mass is 9.88. The number of ether oxygens (including phenoxy) is 1. The Hall–Kier alpha value is -1.26. The number of carbonyl (C=O) groups excluding carboxylic acids is 2. The molecule has 0 N–H and O–H groups in total. The zero-order valence-corrected chi connectivity index (χ0v) is 11.6. The Balaban J connectivity index is 1.96. The number of hydrogen-bond acceptors (Lipinski definition) is 3.